The Morgan fingerprint density at radius 2 is 1.76 bits per heavy atom. The van der Waals surface area contributed by atoms with E-state index < -0.39 is 10.0 Å². The second kappa shape index (κ2) is 8.02. The zero-order valence-corrected chi connectivity index (χ0v) is 15.3. The summed E-state index contributed by atoms with van der Waals surface area (Å²) in [5.41, 5.74) is 2.33. The molecule has 6 nitrogen and oxygen atoms in total. The first kappa shape index (κ1) is 18.8. The number of aryl methyl sites for hydroxylation is 1. The van der Waals surface area contributed by atoms with Crippen LogP contribution in [0.3, 0.4) is 0 Å². The molecule has 134 valence electrons. The van der Waals surface area contributed by atoms with Crippen LogP contribution in [0.15, 0.2) is 42.5 Å². The first-order valence-corrected chi connectivity index (χ1v) is 9.65. The number of carbonyl (C=O) groups excluding carboxylic acids is 1. The van der Waals surface area contributed by atoms with Crippen molar-refractivity contribution in [2.24, 2.45) is 0 Å². The van der Waals surface area contributed by atoms with Gasteiger partial charge < -0.3 is 10.1 Å². The SMILES string of the molecule is CCOc1ccc(C(=O)Nc2ccc(NS(=O)(=O)CC)c(C)c2)cc1. The predicted octanol–water partition coefficient (Wildman–Crippen LogP) is 3.41. The van der Waals surface area contributed by atoms with Crippen molar-refractivity contribution in [2.45, 2.75) is 20.8 Å². The van der Waals surface area contributed by atoms with Gasteiger partial charge in [-0.1, -0.05) is 0 Å². The van der Waals surface area contributed by atoms with Gasteiger partial charge in [-0.3, -0.25) is 9.52 Å². The number of benzene rings is 2. The average molecular weight is 362 g/mol. The monoisotopic (exact) mass is 362 g/mol. The number of sulfonamides is 1. The van der Waals surface area contributed by atoms with Gasteiger partial charge in [-0.2, -0.15) is 0 Å². The van der Waals surface area contributed by atoms with Crippen LogP contribution in [0.1, 0.15) is 29.8 Å². The van der Waals surface area contributed by atoms with E-state index in [9.17, 15) is 13.2 Å². The van der Waals surface area contributed by atoms with Crippen molar-refractivity contribution in [1.82, 2.24) is 0 Å². The number of rotatable bonds is 7. The average Bonchev–Trinajstić information content (AvgIpc) is 2.58. The molecule has 0 spiro atoms. The number of hydrogen-bond donors (Lipinski definition) is 2. The molecule has 0 bridgehead atoms. The lowest BCUT2D eigenvalue weighted by Gasteiger charge is -2.12. The van der Waals surface area contributed by atoms with Gasteiger partial charge in [-0.15, -0.1) is 0 Å². The Labute approximate surface area is 148 Å². The van der Waals surface area contributed by atoms with Gasteiger partial charge in [0.2, 0.25) is 10.0 Å². The maximum Gasteiger partial charge on any atom is 0.255 e. The molecule has 0 aliphatic rings. The topological polar surface area (TPSA) is 84.5 Å². The fourth-order valence-corrected chi connectivity index (χ4v) is 2.88. The summed E-state index contributed by atoms with van der Waals surface area (Å²) >= 11 is 0. The smallest absolute Gasteiger partial charge is 0.255 e. The van der Waals surface area contributed by atoms with E-state index in [1.54, 1.807) is 56.3 Å². The van der Waals surface area contributed by atoms with Crippen LogP contribution in [0.25, 0.3) is 0 Å². The third-order valence-electron chi connectivity index (χ3n) is 3.56. The maximum atomic E-state index is 12.3. The highest BCUT2D eigenvalue weighted by Gasteiger charge is 2.11. The van der Waals surface area contributed by atoms with E-state index in [-0.39, 0.29) is 11.7 Å². The van der Waals surface area contributed by atoms with E-state index in [1.165, 1.54) is 0 Å². The highest BCUT2D eigenvalue weighted by molar-refractivity contribution is 7.92. The molecule has 25 heavy (non-hydrogen) atoms. The molecular weight excluding hydrogens is 340 g/mol. The van der Waals surface area contributed by atoms with Crippen LogP contribution < -0.4 is 14.8 Å². The fraction of sp³-hybridized carbons (Fsp3) is 0.278. The Kier molecular flexibility index (Phi) is 6.03. The van der Waals surface area contributed by atoms with Gasteiger partial charge in [0.05, 0.1) is 18.0 Å². The molecule has 2 aromatic carbocycles. The molecule has 0 heterocycles. The van der Waals surface area contributed by atoms with E-state index in [0.717, 1.165) is 5.56 Å². The second-order valence-electron chi connectivity index (χ2n) is 5.45. The molecule has 0 aliphatic carbocycles. The minimum atomic E-state index is -3.33. The molecule has 0 saturated heterocycles. The molecule has 2 N–H and O–H groups in total. The third-order valence-corrected chi connectivity index (χ3v) is 4.85. The minimum Gasteiger partial charge on any atom is -0.494 e. The number of hydrogen-bond acceptors (Lipinski definition) is 4. The summed E-state index contributed by atoms with van der Waals surface area (Å²) in [4.78, 5) is 12.3. The van der Waals surface area contributed by atoms with E-state index in [2.05, 4.69) is 10.0 Å². The highest BCUT2D eigenvalue weighted by Crippen LogP contribution is 2.22. The zero-order chi connectivity index (χ0) is 18.4. The standard InChI is InChI=1S/C18H22N2O4S/c1-4-24-16-9-6-14(7-10-16)18(21)19-15-8-11-17(13(3)12-15)20-25(22,23)5-2/h6-12,20H,4-5H2,1-3H3,(H,19,21). The van der Waals surface area contributed by atoms with Crippen molar-refractivity contribution in [3.05, 3.63) is 53.6 Å². The number of amides is 1. The lowest BCUT2D eigenvalue weighted by atomic mass is 10.1. The van der Waals surface area contributed by atoms with Crippen LogP contribution in [-0.2, 0) is 10.0 Å². The largest absolute Gasteiger partial charge is 0.494 e. The van der Waals surface area contributed by atoms with E-state index >= 15 is 0 Å². The molecule has 1 amide bonds. The lowest BCUT2D eigenvalue weighted by Crippen LogP contribution is -2.16. The van der Waals surface area contributed by atoms with Crippen molar-refractivity contribution in [3.8, 4) is 5.75 Å². The third kappa shape index (κ3) is 5.22. The van der Waals surface area contributed by atoms with Crippen molar-refractivity contribution < 1.29 is 17.9 Å². The van der Waals surface area contributed by atoms with Crippen LogP contribution in [0.4, 0.5) is 11.4 Å². The Morgan fingerprint density at radius 1 is 1.08 bits per heavy atom. The van der Waals surface area contributed by atoms with Crippen molar-refractivity contribution in [2.75, 3.05) is 22.4 Å². The molecule has 7 heteroatoms. The Hall–Kier alpha value is -2.54. The molecule has 0 aliphatic heterocycles. The molecule has 0 fully saturated rings. The normalized spacial score (nSPS) is 11.0. The summed E-state index contributed by atoms with van der Waals surface area (Å²) in [5, 5.41) is 2.80. The lowest BCUT2D eigenvalue weighted by molar-refractivity contribution is 0.102. The van der Waals surface area contributed by atoms with Gasteiger partial charge in [0.15, 0.2) is 0 Å². The van der Waals surface area contributed by atoms with E-state index in [1.807, 2.05) is 6.92 Å². The van der Waals surface area contributed by atoms with Gasteiger partial charge in [0.25, 0.3) is 5.91 Å². The minimum absolute atomic E-state index is 0.00265. The summed E-state index contributed by atoms with van der Waals surface area (Å²) in [6.07, 6.45) is 0. The number of anilines is 2. The summed E-state index contributed by atoms with van der Waals surface area (Å²) < 4.78 is 31.2. The van der Waals surface area contributed by atoms with Crippen LogP contribution in [0, 0.1) is 6.92 Å². The van der Waals surface area contributed by atoms with Gasteiger partial charge >= 0.3 is 0 Å². The van der Waals surface area contributed by atoms with Gasteiger partial charge in [0, 0.05) is 11.3 Å². The Morgan fingerprint density at radius 3 is 2.32 bits per heavy atom. The summed E-state index contributed by atoms with van der Waals surface area (Å²) in [5.74, 6) is 0.467. The predicted molar refractivity (Wildman–Crippen MR) is 99.8 cm³/mol. The number of nitrogens with one attached hydrogen (secondary N) is 2. The maximum absolute atomic E-state index is 12.3. The zero-order valence-electron chi connectivity index (χ0n) is 14.5. The van der Waals surface area contributed by atoms with Gasteiger partial charge in [-0.25, -0.2) is 8.42 Å². The molecule has 0 atom stereocenters. The molecule has 0 aromatic heterocycles. The van der Waals surface area contributed by atoms with Crippen LogP contribution >= 0.6 is 0 Å². The number of carbonyl (C=O) groups is 1. The first-order chi connectivity index (χ1) is 11.8. The quantitative estimate of drug-likeness (QED) is 0.790. The van der Waals surface area contributed by atoms with Crippen molar-refractivity contribution in [1.29, 1.82) is 0 Å². The molecule has 0 unspecified atom stereocenters. The van der Waals surface area contributed by atoms with Gasteiger partial charge in [0.1, 0.15) is 5.75 Å². The number of ether oxygens (including phenoxy) is 1. The first-order valence-electron chi connectivity index (χ1n) is 8.00. The molecule has 2 aromatic rings. The van der Waals surface area contributed by atoms with Crippen LogP contribution in [-0.4, -0.2) is 26.7 Å². The highest BCUT2D eigenvalue weighted by atomic mass is 32.2. The Balaban J connectivity index is 2.09. The van der Waals surface area contributed by atoms with Crippen molar-refractivity contribution in [3.63, 3.8) is 0 Å². The fourth-order valence-electron chi connectivity index (χ4n) is 2.17. The summed E-state index contributed by atoms with van der Waals surface area (Å²) in [7, 11) is -3.33. The van der Waals surface area contributed by atoms with E-state index in [4.69, 9.17) is 4.74 Å². The summed E-state index contributed by atoms with van der Waals surface area (Å²) in [6.45, 7) is 5.81. The van der Waals surface area contributed by atoms with E-state index in [0.29, 0.717) is 29.3 Å². The molecule has 2 rings (SSSR count). The summed E-state index contributed by atoms with van der Waals surface area (Å²) in [6, 6.07) is 11.9. The molecular formula is C18H22N2O4S. The van der Waals surface area contributed by atoms with Crippen molar-refractivity contribution >= 4 is 27.3 Å². The van der Waals surface area contributed by atoms with Gasteiger partial charge in [-0.05, 0) is 68.8 Å². The van der Waals surface area contributed by atoms with Crippen LogP contribution in [0.2, 0.25) is 0 Å². The molecule has 0 radical (unpaired) electrons. The Bertz CT molecular complexity index is 846. The molecule has 0 saturated carbocycles. The second-order valence-corrected chi connectivity index (χ2v) is 7.46. The van der Waals surface area contributed by atoms with Crippen LogP contribution in [0.5, 0.6) is 5.75 Å².